The van der Waals surface area contributed by atoms with Crippen LogP contribution in [0.4, 0.5) is 5.69 Å². The van der Waals surface area contributed by atoms with E-state index in [1.807, 2.05) is 26.0 Å². The van der Waals surface area contributed by atoms with Crippen LogP contribution >= 0.6 is 23.4 Å². The van der Waals surface area contributed by atoms with Gasteiger partial charge in [-0.1, -0.05) is 29.4 Å². The van der Waals surface area contributed by atoms with E-state index in [4.69, 9.17) is 16.0 Å². The number of aryl methyl sites for hydroxylation is 3. The van der Waals surface area contributed by atoms with E-state index in [1.165, 1.54) is 11.8 Å². The molecule has 0 unspecified atom stereocenters. The molecule has 0 atom stereocenters. The van der Waals surface area contributed by atoms with Crippen LogP contribution in [-0.2, 0) is 4.79 Å². The largest absolute Gasteiger partial charge is 0.416 e. The molecule has 0 saturated heterocycles. The summed E-state index contributed by atoms with van der Waals surface area (Å²) in [7, 11) is 0. The zero-order valence-corrected chi connectivity index (χ0v) is 12.9. The molecule has 0 radical (unpaired) electrons. The number of halogens is 1. The molecule has 7 heteroatoms. The van der Waals surface area contributed by atoms with E-state index in [-0.39, 0.29) is 11.7 Å². The van der Waals surface area contributed by atoms with Gasteiger partial charge >= 0.3 is 0 Å². The van der Waals surface area contributed by atoms with E-state index < -0.39 is 0 Å². The summed E-state index contributed by atoms with van der Waals surface area (Å²) in [4.78, 5) is 11.9. The van der Waals surface area contributed by atoms with Crippen molar-refractivity contribution in [2.45, 2.75) is 26.0 Å². The van der Waals surface area contributed by atoms with Crippen molar-refractivity contribution in [3.05, 3.63) is 34.2 Å². The van der Waals surface area contributed by atoms with E-state index in [0.29, 0.717) is 21.8 Å². The smallest absolute Gasteiger partial charge is 0.277 e. The van der Waals surface area contributed by atoms with Gasteiger partial charge in [0.25, 0.3) is 5.22 Å². The molecule has 0 aliphatic rings. The predicted molar refractivity (Wildman–Crippen MR) is 79.3 cm³/mol. The standard InChI is InChI=1S/C13H14ClN3O2S/c1-7-4-8(2)12(10(14)5-7)15-11(18)6-20-13-17-16-9(3)19-13/h4-5H,6H2,1-3H3,(H,15,18). The first-order valence-corrected chi connectivity index (χ1v) is 7.31. The maximum absolute atomic E-state index is 11.9. The van der Waals surface area contributed by atoms with Crippen LogP contribution in [0, 0.1) is 20.8 Å². The average Bonchev–Trinajstić information content (AvgIpc) is 2.77. The van der Waals surface area contributed by atoms with Crippen molar-refractivity contribution in [3.63, 3.8) is 0 Å². The lowest BCUT2D eigenvalue weighted by molar-refractivity contribution is -0.113. The number of hydrogen-bond donors (Lipinski definition) is 1. The molecule has 2 rings (SSSR count). The fraction of sp³-hybridized carbons (Fsp3) is 0.308. The lowest BCUT2D eigenvalue weighted by atomic mass is 10.1. The summed E-state index contributed by atoms with van der Waals surface area (Å²) in [6.45, 7) is 5.56. The Morgan fingerprint density at radius 3 is 2.70 bits per heavy atom. The molecule has 0 aliphatic carbocycles. The monoisotopic (exact) mass is 311 g/mol. The Labute approximate surface area is 126 Å². The first-order valence-electron chi connectivity index (χ1n) is 5.95. The molecule has 0 spiro atoms. The van der Waals surface area contributed by atoms with Gasteiger partial charge in [0.2, 0.25) is 11.8 Å². The molecule has 0 aliphatic heterocycles. The van der Waals surface area contributed by atoms with Crippen LogP contribution < -0.4 is 5.32 Å². The van der Waals surface area contributed by atoms with Crippen molar-refractivity contribution in [2.24, 2.45) is 0 Å². The van der Waals surface area contributed by atoms with E-state index in [9.17, 15) is 4.79 Å². The lowest BCUT2D eigenvalue weighted by Crippen LogP contribution is -2.15. The third-order valence-electron chi connectivity index (χ3n) is 2.53. The van der Waals surface area contributed by atoms with Gasteiger partial charge in [-0.05, 0) is 31.0 Å². The molecule has 1 amide bonds. The molecule has 1 aromatic heterocycles. The second-order valence-electron chi connectivity index (χ2n) is 4.36. The number of rotatable bonds is 4. The number of carbonyl (C=O) groups is 1. The van der Waals surface area contributed by atoms with Gasteiger partial charge in [-0.15, -0.1) is 10.2 Å². The highest BCUT2D eigenvalue weighted by Crippen LogP contribution is 2.27. The number of nitrogens with one attached hydrogen (secondary N) is 1. The summed E-state index contributed by atoms with van der Waals surface area (Å²) >= 11 is 7.33. The number of carbonyl (C=O) groups excluding carboxylic acids is 1. The van der Waals surface area contributed by atoms with Crippen molar-refractivity contribution in [2.75, 3.05) is 11.1 Å². The van der Waals surface area contributed by atoms with Crippen LogP contribution in [0.1, 0.15) is 17.0 Å². The molecule has 1 heterocycles. The van der Waals surface area contributed by atoms with Crippen LogP contribution in [-0.4, -0.2) is 21.9 Å². The normalized spacial score (nSPS) is 10.6. The van der Waals surface area contributed by atoms with Gasteiger partial charge in [-0.25, -0.2) is 0 Å². The molecule has 20 heavy (non-hydrogen) atoms. The number of amides is 1. The van der Waals surface area contributed by atoms with Crippen molar-refractivity contribution in [1.82, 2.24) is 10.2 Å². The summed E-state index contributed by atoms with van der Waals surface area (Å²) in [5.41, 5.74) is 2.63. The second-order valence-corrected chi connectivity index (χ2v) is 5.70. The van der Waals surface area contributed by atoms with Gasteiger partial charge in [0.15, 0.2) is 0 Å². The van der Waals surface area contributed by atoms with Crippen molar-refractivity contribution < 1.29 is 9.21 Å². The number of anilines is 1. The molecule has 0 fully saturated rings. The highest BCUT2D eigenvalue weighted by Gasteiger charge is 2.11. The van der Waals surface area contributed by atoms with Gasteiger partial charge < -0.3 is 9.73 Å². The maximum Gasteiger partial charge on any atom is 0.277 e. The van der Waals surface area contributed by atoms with Crippen LogP contribution in [0.25, 0.3) is 0 Å². The molecule has 0 bridgehead atoms. The maximum atomic E-state index is 11.9. The van der Waals surface area contributed by atoms with Crippen LogP contribution in [0.15, 0.2) is 21.8 Å². The van der Waals surface area contributed by atoms with Crippen molar-refractivity contribution in [3.8, 4) is 0 Å². The van der Waals surface area contributed by atoms with Gasteiger partial charge in [0.1, 0.15) is 0 Å². The zero-order chi connectivity index (χ0) is 14.7. The van der Waals surface area contributed by atoms with E-state index in [2.05, 4.69) is 15.5 Å². The second kappa shape index (κ2) is 6.28. The Hall–Kier alpha value is -1.53. The predicted octanol–water partition coefficient (Wildman–Crippen LogP) is 3.38. The topological polar surface area (TPSA) is 68.0 Å². The highest BCUT2D eigenvalue weighted by molar-refractivity contribution is 7.99. The Bertz CT molecular complexity index is 619. The van der Waals surface area contributed by atoms with E-state index >= 15 is 0 Å². The quantitative estimate of drug-likeness (QED) is 0.877. The van der Waals surface area contributed by atoms with E-state index in [1.54, 1.807) is 6.92 Å². The zero-order valence-electron chi connectivity index (χ0n) is 11.4. The minimum Gasteiger partial charge on any atom is -0.416 e. The molecule has 1 N–H and O–H groups in total. The fourth-order valence-corrected chi connectivity index (χ4v) is 2.69. The van der Waals surface area contributed by atoms with Gasteiger partial charge in [-0.2, -0.15) is 0 Å². The van der Waals surface area contributed by atoms with Gasteiger partial charge in [-0.3, -0.25) is 4.79 Å². The number of nitrogens with zero attached hydrogens (tertiary/aromatic N) is 2. The fourth-order valence-electron chi connectivity index (χ4n) is 1.71. The Kier molecular flexibility index (Phi) is 4.67. The van der Waals surface area contributed by atoms with Gasteiger partial charge in [0, 0.05) is 6.92 Å². The Morgan fingerprint density at radius 1 is 1.35 bits per heavy atom. The van der Waals surface area contributed by atoms with E-state index in [0.717, 1.165) is 11.1 Å². The molecule has 1 aromatic carbocycles. The summed E-state index contributed by atoms with van der Waals surface area (Å²) in [5, 5.41) is 11.2. The minimum absolute atomic E-state index is 0.167. The third-order valence-corrected chi connectivity index (χ3v) is 3.65. The first kappa shape index (κ1) is 14.9. The Morgan fingerprint density at radius 2 is 2.10 bits per heavy atom. The highest BCUT2D eigenvalue weighted by atomic mass is 35.5. The third kappa shape index (κ3) is 3.74. The van der Waals surface area contributed by atoms with Crippen molar-refractivity contribution >= 4 is 35.0 Å². The van der Waals surface area contributed by atoms with Gasteiger partial charge in [0.05, 0.1) is 16.5 Å². The van der Waals surface area contributed by atoms with Crippen LogP contribution in [0.5, 0.6) is 0 Å². The van der Waals surface area contributed by atoms with Crippen LogP contribution in [0.3, 0.4) is 0 Å². The number of hydrogen-bond acceptors (Lipinski definition) is 5. The lowest BCUT2D eigenvalue weighted by Gasteiger charge is -2.10. The summed E-state index contributed by atoms with van der Waals surface area (Å²) in [5.74, 6) is 0.496. The molecule has 106 valence electrons. The first-order chi connectivity index (χ1) is 9.45. The number of benzene rings is 1. The number of thioether (sulfide) groups is 1. The SMILES string of the molecule is Cc1cc(C)c(NC(=O)CSc2nnc(C)o2)c(Cl)c1. The summed E-state index contributed by atoms with van der Waals surface area (Å²) in [6.07, 6.45) is 0. The average molecular weight is 312 g/mol. The summed E-state index contributed by atoms with van der Waals surface area (Å²) < 4.78 is 5.18. The Balaban J connectivity index is 1.98. The molecular formula is C13H14ClN3O2S. The van der Waals surface area contributed by atoms with Crippen LogP contribution in [0.2, 0.25) is 5.02 Å². The molecular weight excluding hydrogens is 298 g/mol. The molecule has 5 nitrogen and oxygen atoms in total. The number of aromatic nitrogens is 2. The molecule has 0 saturated carbocycles. The summed E-state index contributed by atoms with van der Waals surface area (Å²) in [6, 6.07) is 3.79. The van der Waals surface area contributed by atoms with Crippen molar-refractivity contribution in [1.29, 1.82) is 0 Å². The molecule has 2 aromatic rings. The minimum atomic E-state index is -0.167.